The van der Waals surface area contributed by atoms with E-state index in [4.69, 9.17) is 21.4 Å². The minimum atomic E-state index is -0.815. The van der Waals surface area contributed by atoms with Gasteiger partial charge in [0.2, 0.25) is 0 Å². The van der Waals surface area contributed by atoms with Crippen LogP contribution in [0.2, 0.25) is 5.02 Å². The van der Waals surface area contributed by atoms with Crippen molar-refractivity contribution in [3.8, 4) is 5.75 Å². The van der Waals surface area contributed by atoms with Crippen LogP contribution in [0.5, 0.6) is 5.75 Å². The highest BCUT2D eigenvalue weighted by Crippen LogP contribution is 2.35. The standard InChI is InChI=1S/C13H14ClNO3/c1-7-8(3-6-11(16)17)12-10(18-2)5-4-9(14)13(12)15-7/h4-5,15H,3,6H2,1-2H3,(H,16,17). The number of carboxylic acids is 1. The van der Waals surface area contributed by atoms with Crippen LogP contribution in [0.3, 0.4) is 0 Å². The fourth-order valence-electron chi connectivity index (χ4n) is 2.14. The van der Waals surface area contributed by atoms with E-state index in [1.807, 2.05) is 6.92 Å². The Morgan fingerprint density at radius 3 is 2.83 bits per heavy atom. The summed E-state index contributed by atoms with van der Waals surface area (Å²) in [6, 6.07) is 3.56. The highest BCUT2D eigenvalue weighted by molar-refractivity contribution is 6.35. The normalized spacial score (nSPS) is 10.8. The maximum absolute atomic E-state index is 10.7. The van der Waals surface area contributed by atoms with Gasteiger partial charge in [0.15, 0.2) is 0 Å². The SMILES string of the molecule is COc1ccc(Cl)c2[nH]c(C)c(CCC(=O)O)c12. The topological polar surface area (TPSA) is 62.3 Å². The van der Waals surface area contributed by atoms with E-state index in [-0.39, 0.29) is 6.42 Å². The molecule has 0 aliphatic heterocycles. The molecule has 4 nitrogen and oxygen atoms in total. The van der Waals surface area contributed by atoms with Crippen molar-refractivity contribution in [3.63, 3.8) is 0 Å². The first-order valence-electron chi connectivity index (χ1n) is 5.60. The van der Waals surface area contributed by atoms with Gasteiger partial charge in [0, 0.05) is 17.5 Å². The third kappa shape index (κ3) is 2.16. The van der Waals surface area contributed by atoms with Gasteiger partial charge in [-0.2, -0.15) is 0 Å². The van der Waals surface area contributed by atoms with Crippen LogP contribution >= 0.6 is 11.6 Å². The van der Waals surface area contributed by atoms with Gasteiger partial charge in [0.1, 0.15) is 5.75 Å². The lowest BCUT2D eigenvalue weighted by Gasteiger charge is -2.05. The van der Waals surface area contributed by atoms with Crippen LogP contribution < -0.4 is 4.74 Å². The molecule has 5 heteroatoms. The van der Waals surface area contributed by atoms with Gasteiger partial charge in [-0.1, -0.05) is 11.6 Å². The Bertz CT molecular complexity index is 604. The number of hydrogen-bond donors (Lipinski definition) is 2. The fourth-order valence-corrected chi connectivity index (χ4v) is 2.35. The lowest BCUT2D eigenvalue weighted by molar-refractivity contribution is -0.136. The lowest BCUT2D eigenvalue weighted by Crippen LogP contribution is -1.98. The number of halogens is 1. The smallest absolute Gasteiger partial charge is 0.303 e. The quantitative estimate of drug-likeness (QED) is 0.894. The van der Waals surface area contributed by atoms with Gasteiger partial charge in [0.05, 0.1) is 17.6 Å². The molecule has 1 aromatic carbocycles. The van der Waals surface area contributed by atoms with Crippen LogP contribution in [0.4, 0.5) is 0 Å². The number of fused-ring (bicyclic) bond motifs is 1. The van der Waals surface area contributed by atoms with Crippen molar-refractivity contribution in [3.05, 3.63) is 28.4 Å². The summed E-state index contributed by atoms with van der Waals surface area (Å²) >= 11 is 6.13. The fraction of sp³-hybridized carbons (Fsp3) is 0.308. The number of aliphatic carboxylic acids is 1. The van der Waals surface area contributed by atoms with Crippen molar-refractivity contribution in [1.82, 2.24) is 4.98 Å². The summed E-state index contributed by atoms with van der Waals surface area (Å²) in [5, 5.41) is 10.3. The molecule has 0 saturated carbocycles. The molecule has 2 aromatic rings. The lowest BCUT2D eigenvalue weighted by atomic mass is 10.1. The van der Waals surface area contributed by atoms with E-state index in [0.717, 1.165) is 22.2 Å². The van der Waals surface area contributed by atoms with Crippen molar-refractivity contribution in [2.45, 2.75) is 19.8 Å². The Hall–Kier alpha value is -1.68. The summed E-state index contributed by atoms with van der Waals surface area (Å²) in [5.41, 5.74) is 2.68. The van der Waals surface area contributed by atoms with Crippen molar-refractivity contribution in [1.29, 1.82) is 0 Å². The van der Waals surface area contributed by atoms with Gasteiger partial charge in [-0.15, -0.1) is 0 Å². The molecule has 0 bridgehead atoms. The number of carbonyl (C=O) groups is 1. The molecule has 96 valence electrons. The average molecular weight is 268 g/mol. The molecule has 0 atom stereocenters. The number of ether oxygens (including phenoxy) is 1. The van der Waals surface area contributed by atoms with E-state index >= 15 is 0 Å². The van der Waals surface area contributed by atoms with Gasteiger partial charge in [-0.25, -0.2) is 0 Å². The highest BCUT2D eigenvalue weighted by Gasteiger charge is 2.16. The molecule has 0 fully saturated rings. The van der Waals surface area contributed by atoms with E-state index in [1.54, 1.807) is 19.2 Å². The Balaban J connectivity index is 2.60. The molecule has 1 heterocycles. The molecule has 1 aromatic heterocycles. The van der Waals surface area contributed by atoms with Crippen LogP contribution in [0.1, 0.15) is 17.7 Å². The number of rotatable bonds is 4. The Labute approximate surface area is 110 Å². The van der Waals surface area contributed by atoms with E-state index in [2.05, 4.69) is 4.98 Å². The summed E-state index contributed by atoms with van der Waals surface area (Å²) < 4.78 is 5.32. The van der Waals surface area contributed by atoms with E-state index in [9.17, 15) is 4.79 Å². The molecule has 0 amide bonds. The zero-order chi connectivity index (χ0) is 13.3. The molecule has 0 aliphatic carbocycles. The number of aromatic nitrogens is 1. The van der Waals surface area contributed by atoms with Crippen molar-refractivity contribution in [2.75, 3.05) is 7.11 Å². The van der Waals surface area contributed by atoms with Crippen LogP contribution in [0, 0.1) is 6.92 Å². The first kappa shape index (κ1) is 12.8. The number of carboxylic acid groups (broad SMARTS) is 1. The van der Waals surface area contributed by atoms with Crippen LogP contribution in [0.25, 0.3) is 10.9 Å². The van der Waals surface area contributed by atoms with Crippen molar-refractivity contribution >= 4 is 28.5 Å². The molecule has 2 N–H and O–H groups in total. The van der Waals surface area contributed by atoms with Crippen LogP contribution in [-0.4, -0.2) is 23.2 Å². The first-order valence-corrected chi connectivity index (χ1v) is 5.97. The van der Waals surface area contributed by atoms with Gasteiger partial charge in [0.25, 0.3) is 0 Å². The van der Waals surface area contributed by atoms with Gasteiger partial charge in [-0.3, -0.25) is 4.79 Å². The minimum Gasteiger partial charge on any atom is -0.496 e. The molecule has 0 unspecified atom stereocenters. The average Bonchev–Trinajstić information content (AvgIpc) is 2.65. The summed E-state index contributed by atoms with van der Waals surface area (Å²) in [7, 11) is 1.59. The molecule has 0 aliphatic rings. The van der Waals surface area contributed by atoms with E-state index in [1.165, 1.54) is 0 Å². The number of nitrogens with one attached hydrogen (secondary N) is 1. The van der Waals surface area contributed by atoms with Gasteiger partial charge >= 0.3 is 5.97 Å². The summed E-state index contributed by atoms with van der Waals surface area (Å²) in [5.74, 6) is -0.108. The molecule has 2 rings (SSSR count). The third-order valence-corrected chi connectivity index (χ3v) is 3.31. The summed E-state index contributed by atoms with van der Waals surface area (Å²) in [6.07, 6.45) is 0.543. The van der Waals surface area contributed by atoms with E-state index in [0.29, 0.717) is 17.2 Å². The number of H-pyrrole nitrogens is 1. The maximum atomic E-state index is 10.7. The molecular formula is C13H14ClNO3. The second kappa shape index (κ2) is 4.90. The molecule has 0 radical (unpaired) electrons. The van der Waals surface area contributed by atoms with Crippen molar-refractivity contribution < 1.29 is 14.6 Å². The second-order valence-electron chi connectivity index (χ2n) is 4.12. The zero-order valence-corrected chi connectivity index (χ0v) is 11.0. The summed E-state index contributed by atoms with van der Waals surface area (Å²) in [6.45, 7) is 1.91. The minimum absolute atomic E-state index is 0.0868. The highest BCUT2D eigenvalue weighted by atomic mass is 35.5. The van der Waals surface area contributed by atoms with Gasteiger partial charge < -0.3 is 14.8 Å². The number of aryl methyl sites for hydroxylation is 2. The molecular weight excluding hydrogens is 254 g/mol. The predicted octanol–water partition coefficient (Wildman–Crippen LogP) is 3.16. The number of hydrogen-bond acceptors (Lipinski definition) is 2. The Kier molecular flexibility index (Phi) is 3.48. The first-order chi connectivity index (χ1) is 8.54. The number of benzene rings is 1. The second-order valence-corrected chi connectivity index (χ2v) is 4.53. The number of methoxy groups -OCH3 is 1. The molecule has 18 heavy (non-hydrogen) atoms. The largest absolute Gasteiger partial charge is 0.496 e. The van der Waals surface area contributed by atoms with Crippen molar-refractivity contribution in [2.24, 2.45) is 0 Å². The maximum Gasteiger partial charge on any atom is 0.303 e. The monoisotopic (exact) mass is 267 g/mol. The number of aromatic amines is 1. The van der Waals surface area contributed by atoms with Gasteiger partial charge in [-0.05, 0) is 31.0 Å². The Morgan fingerprint density at radius 2 is 2.22 bits per heavy atom. The predicted molar refractivity (Wildman–Crippen MR) is 70.6 cm³/mol. The zero-order valence-electron chi connectivity index (χ0n) is 10.2. The third-order valence-electron chi connectivity index (χ3n) is 2.99. The molecule has 0 spiro atoms. The Morgan fingerprint density at radius 1 is 1.50 bits per heavy atom. The van der Waals surface area contributed by atoms with Crippen LogP contribution in [0.15, 0.2) is 12.1 Å². The molecule has 0 saturated heterocycles. The van der Waals surface area contributed by atoms with Crippen LogP contribution in [-0.2, 0) is 11.2 Å². The van der Waals surface area contributed by atoms with E-state index < -0.39 is 5.97 Å². The summed E-state index contributed by atoms with van der Waals surface area (Å²) in [4.78, 5) is 13.9.